The molecule has 3 rings (SSSR count). The molecule has 2 heterocycles. The Labute approximate surface area is 144 Å². The second-order valence-corrected chi connectivity index (χ2v) is 6.65. The molecule has 2 aromatic rings. The Morgan fingerprint density at radius 2 is 2.04 bits per heavy atom. The first-order valence-corrected chi connectivity index (χ1v) is 8.59. The summed E-state index contributed by atoms with van der Waals surface area (Å²) in [5, 5.41) is 3.51. The summed E-state index contributed by atoms with van der Waals surface area (Å²) in [6.07, 6.45) is 5.82. The predicted octanol–water partition coefficient (Wildman–Crippen LogP) is 3.26. The van der Waals surface area contributed by atoms with E-state index in [4.69, 9.17) is 4.74 Å². The van der Waals surface area contributed by atoms with Gasteiger partial charge in [0.15, 0.2) is 0 Å². The number of hydrogen-bond donors (Lipinski definition) is 1. The molecule has 0 bridgehead atoms. The van der Waals surface area contributed by atoms with Crippen molar-refractivity contribution in [3.63, 3.8) is 0 Å². The summed E-state index contributed by atoms with van der Waals surface area (Å²) >= 11 is 0. The van der Waals surface area contributed by atoms with E-state index in [1.165, 1.54) is 5.56 Å². The molecule has 1 N–H and O–H groups in total. The molecule has 0 saturated carbocycles. The van der Waals surface area contributed by atoms with Crippen LogP contribution in [0.5, 0.6) is 0 Å². The lowest BCUT2D eigenvalue weighted by molar-refractivity contribution is -0.0704. The molecular weight excluding hydrogens is 300 g/mol. The minimum atomic E-state index is 0.123. The van der Waals surface area contributed by atoms with Crippen molar-refractivity contribution >= 4 is 5.69 Å². The van der Waals surface area contributed by atoms with Gasteiger partial charge in [-0.3, -0.25) is 14.9 Å². The van der Waals surface area contributed by atoms with Crippen LogP contribution in [0, 0.1) is 0 Å². The fourth-order valence-corrected chi connectivity index (χ4v) is 3.29. The van der Waals surface area contributed by atoms with Crippen LogP contribution in [0.4, 0.5) is 5.69 Å². The number of aromatic nitrogens is 2. The smallest absolute Gasteiger partial charge is 0.0806 e. The molecule has 1 saturated heterocycles. The van der Waals surface area contributed by atoms with Crippen molar-refractivity contribution < 1.29 is 4.74 Å². The lowest BCUT2D eigenvalue weighted by Gasteiger charge is -2.35. The molecule has 3 unspecified atom stereocenters. The van der Waals surface area contributed by atoms with Crippen molar-refractivity contribution in [2.45, 2.75) is 45.6 Å². The molecule has 1 aromatic carbocycles. The summed E-state index contributed by atoms with van der Waals surface area (Å²) in [6.45, 7) is 9.30. The average molecular weight is 326 g/mol. The lowest BCUT2D eigenvalue weighted by atomic mass is 10.1. The summed E-state index contributed by atoms with van der Waals surface area (Å²) < 4.78 is 5.81. The molecule has 1 aromatic heterocycles. The zero-order valence-electron chi connectivity index (χ0n) is 14.6. The fraction of sp³-hybridized carbons (Fsp3) is 0.474. The number of ether oxygens (including phenoxy) is 1. The van der Waals surface area contributed by atoms with Gasteiger partial charge in [0, 0.05) is 37.7 Å². The van der Waals surface area contributed by atoms with E-state index in [0.717, 1.165) is 31.0 Å². The van der Waals surface area contributed by atoms with Crippen LogP contribution in [-0.2, 0) is 11.3 Å². The van der Waals surface area contributed by atoms with Crippen LogP contribution in [0.2, 0.25) is 0 Å². The number of nitrogens with zero attached hydrogens (tertiary/aromatic N) is 3. The second-order valence-electron chi connectivity index (χ2n) is 6.65. The summed E-state index contributed by atoms with van der Waals surface area (Å²) in [6, 6.07) is 8.73. The molecule has 0 radical (unpaired) electrons. The first-order chi connectivity index (χ1) is 11.6. The summed E-state index contributed by atoms with van der Waals surface area (Å²) in [5.41, 5.74) is 3.37. The third-order valence-corrected chi connectivity index (χ3v) is 4.24. The van der Waals surface area contributed by atoms with Crippen LogP contribution in [0.3, 0.4) is 0 Å². The van der Waals surface area contributed by atoms with Crippen LogP contribution in [-0.4, -0.2) is 40.2 Å². The summed E-state index contributed by atoms with van der Waals surface area (Å²) in [4.78, 5) is 11.0. The maximum Gasteiger partial charge on any atom is 0.0806 e. The van der Waals surface area contributed by atoms with Crippen molar-refractivity contribution in [1.82, 2.24) is 14.9 Å². The zero-order valence-corrected chi connectivity index (χ0v) is 14.6. The molecule has 24 heavy (non-hydrogen) atoms. The van der Waals surface area contributed by atoms with E-state index in [0.29, 0.717) is 12.2 Å². The van der Waals surface area contributed by atoms with Crippen LogP contribution in [0.25, 0.3) is 0 Å². The Balaban J connectivity index is 1.64. The maximum absolute atomic E-state index is 5.81. The van der Waals surface area contributed by atoms with Gasteiger partial charge in [-0.1, -0.05) is 12.1 Å². The van der Waals surface area contributed by atoms with Gasteiger partial charge in [-0.25, -0.2) is 0 Å². The first-order valence-electron chi connectivity index (χ1n) is 8.59. The van der Waals surface area contributed by atoms with Crippen molar-refractivity contribution in [3.8, 4) is 0 Å². The lowest BCUT2D eigenvalue weighted by Crippen LogP contribution is -2.44. The number of hydrogen-bond acceptors (Lipinski definition) is 5. The molecule has 5 nitrogen and oxygen atoms in total. The number of nitrogens with one attached hydrogen (secondary N) is 1. The van der Waals surface area contributed by atoms with E-state index in [9.17, 15) is 0 Å². The Morgan fingerprint density at radius 1 is 1.25 bits per heavy atom. The largest absolute Gasteiger partial charge is 0.377 e. The first kappa shape index (κ1) is 16.9. The van der Waals surface area contributed by atoms with Crippen LogP contribution < -0.4 is 5.32 Å². The second kappa shape index (κ2) is 7.73. The van der Waals surface area contributed by atoms with E-state index >= 15 is 0 Å². The van der Waals surface area contributed by atoms with Crippen LogP contribution in [0.15, 0.2) is 42.9 Å². The molecule has 0 spiro atoms. The highest BCUT2D eigenvalue weighted by molar-refractivity contribution is 5.47. The molecule has 5 heteroatoms. The van der Waals surface area contributed by atoms with E-state index < -0.39 is 0 Å². The van der Waals surface area contributed by atoms with Gasteiger partial charge in [-0.05, 0) is 38.5 Å². The zero-order chi connectivity index (χ0) is 16.9. The monoisotopic (exact) mass is 326 g/mol. The third-order valence-electron chi connectivity index (χ3n) is 4.24. The van der Waals surface area contributed by atoms with Crippen LogP contribution in [0.1, 0.15) is 38.1 Å². The molecule has 3 atom stereocenters. The topological polar surface area (TPSA) is 50.3 Å². The Bertz CT molecular complexity index is 639. The van der Waals surface area contributed by atoms with Gasteiger partial charge in [0.2, 0.25) is 0 Å². The molecule has 1 aliphatic rings. The number of rotatable bonds is 5. The maximum atomic E-state index is 5.81. The molecule has 1 aliphatic heterocycles. The Kier molecular flexibility index (Phi) is 5.43. The fourth-order valence-electron chi connectivity index (χ4n) is 3.29. The Morgan fingerprint density at radius 3 is 2.75 bits per heavy atom. The van der Waals surface area contributed by atoms with Crippen molar-refractivity contribution in [2.24, 2.45) is 0 Å². The van der Waals surface area contributed by atoms with E-state index in [2.05, 4.69) is 65.2 Å². The number of anilines is 1. The van der Waals surface area contributed by atoms with Gasteiger partial charge in [0.25, 0.3) is 0 Å². The summed E-state index contributed by atoms with van der Waals surface area (Å²) in [7, 11) is 0. The van der Waals surface area contributed by atoms with E-state index in [-0.39, 0.29) is 6.04 Å². The minimum Gasteiger partial charge on any atom is -0.377 e. The highest BCUT2D eigenvalue weighted by Gasteiger charge is 2.22. The minimum absolute atomic E-state index is 0.123. The van der Waals surface area contributed by atoms with Gasteiger partial charge >= 0.3 is 0 Å². The highest BCUT2D eigenvalue weighted by atomic mass is 16.5. The van der Waals surface area contributed by atoms with Crippen molar-refractivity contribution in [1.29, 1.82) is 0 Å². The van der Waals surface area contributed by atoms with E-state index in [1.54, 1.807) is 18.6 Å². The highest BCUT2D eigenvalue weighted by Crippen LogP contribution is 2.20. The molecule has 0 aliphatic carbocycles. The average Bonchev–Trinajstić information content (AvgIpc) is 2.55. The third kappa shape index (κ3) is 4.52. The summed E-state index contributed by atoms with van der Waals surface area (Å²) in [5.74, 6) is 0. The molecule has 1 fully saturated rings. The van der Waals surface area contributed by atoms with Gasteiger partial charge < -0.3 is 10.1 Å². The van der Waals surface area contributed by atoms with E-state index in [1.807, 2.05) is 0 Å². The SMILES string of the molecule is CC1CN(Cc2cccc(NC(C)c3cnccn3)c2)CC(C)O1. The van der Waals surface area contributed by atoms with Gasteiger partial charge in [0.05, 0.1) is 30.1 Å². The van der Waals surface area contributed by atoms with Crippen LogP contribution >= 0.6 is 0 Å². The van der Waals surface area contributed by atoms with Gasteiger partial charge in [0.1, 0.15) is 0 Å². The van der Waals surface area contributed by atoms with Gasteiger partial charge in [-0.2, -0.15) is 0 Å². The quantitative estimate of drug-likeness (QED) is 0.914. The van der Waals surface area contributed by atoms with Gasteiger partial charge in [-0.15, -0.1) is 0 Å². The molecular formula is C19H26N4O. The van der Waals surface area contributed by atoms with Crippen molar-refractivity contribution in [3.05, 3.63) is 54.1 Å². The van der Waals surface area contributed by atoms with Crippen molar-refractivity contribution in [2.75, 3.05) is 18.4 Å². The Hall–Kier alpha value is -1.98. The predicted molar refractivity (Wildman–Crippen MR) is 95.8 cm³/mol. The standard InChI is InChI=1S/C19H26N4O/c1-14-11-23(12-15(2)24-14)13-17-5-4-6-18(9-17)22-16(3)19-10-20-7-8-21-19/h4-10,14-16,22H,11-13H2,1-3H3. The number of benzene rings is 1. The molecule has 0 amide bonds. The normalized spacial score (nSPS) is 23.0. The number of morpholine rings is 1. The molecule has 128 valence electrons.